The third-order valence-electron chi connectivity index (χ3n) is 4.16. The molecular formula is C18H16N4O. The molecule has 4 rings (SSSR count). The molecule has 23 heavy (non-hydrogen) atoms. The zero-order chi connectivity index (χ0) is 16.0. The first-order valence-corrected chi connectivity index (χ1v) is 7.40. The number of aryl methyl sites for hydroxylation is 2. The number of aromatic nitrogens is 3. The summed E-state index contributed by atoms with van der Waals surface area (Å²) in [5, 5.41) is 3.91. The topological polar surface area (TPSA) is 51.9 Å². The number of hydrogen-bond acceptors (Lipinski definition) is 2. The highest BCUT2D eigenvalue weighted by Crippen LogP contribution is 2.22. The van der Waals surface area contributed by atoms with Crippen molar-refractivity contribution in [1.82, 2.24) is 14.1 Å². The van der Waals surface area contributed by atoms with Gasteiger partial charge in [0.1, 0.15) is 0 Å². The van der Waals surface area contributed by atoms with Crippen LogP contribution in [0.25, 0.3) is 21.9 Å². The minimum atomic E-state index is -0.114. The van der Waals surface area contributed by atoms with Crippen LogP contribution in [0.3, 0.4) is 0 Å². The number of rotatable bonds is 2. The van der Waals surface area contributed by atoms with E-state index in [9.17, 15) is 4.79 Å². The smallest absolute Gasteiger partial charge is 0.256 e. The van der Waals surface area contributed by atoms with Crippen molar-refractivity contribution in [2.75, 3.05) is 5.32 Å². The Morgan fingerprint density at radius 3 is 2.78 bits per heavy atom. The highest BCUT2D eigenvalue weighted by atomic mass is 16.1. The maximum Gasteiger partial charge on any atom is 0.256 e. The van der Waals surface area contributed by atoms with Crippen molar-refractivity contribution in [2.24, 2.45) is 14.1 Å². The van der Waals surface area contributed by atoms with Crippen molar-refractivity contribution in [3.63, 3.8) is 0 Å². The van der Waals surface area contributed by atoms with Gasteiger partial charge >= 0.3 is 0 Å². The molecule has 5 nitrogen and oxygen atoms in total. The van der Waals surface area contributed by atoms with Crippen molar-refractivity contribution in [1.29, 1.82) is 0 Å². The van der Waals surface area contributed by atoms with E-state index in [1.165, 1.54) is 0 Å². The molecule has 0 spiro atoms. The van der Waals surface area contributed by atoms with Crippen LogP contribution in [-0.4, -0.2) is 20.0 Å². The first kappa shape index (κ1) is 13.6. The summed E-state index contributed by atoms with van der Waals surface area (Å²) < 4.78 is 3.96. The second kappa shape index (κ2) is 4.98. The summed E-state index contributed by atoms with van der Waals surface area (Å²) in [5.41, 5.74) is 4.35. The van der Waals surface area contributed by atoms with Crippen LogP contribution in [0.4, 0.5) is 5.69 Å². The van der Waals surface area contributed by atoms with E-state index in [0.29, 0.717) is 5.56 Å². The Balaban J connectivity index is 1.70. The van der Waals surface area contributed by atoms with Gasteiger partial charge in [-0.1, -0.05) is 6.07 Å². The number of anilines is 1. The molecule has 1 N–H and O–H groups in total. The molecule has 0 bridgehead atoms. The maximum atomic E-state index is 12.6. The van der Waals surface area contributed by atoms with E-state index in [1.807, 2.05) is 71.9 Å². The predicted molar refractivity (Wildman–Crippen MR) is 91.6 cm³/mol. The van der Waals surface area contributed by atoms with E-state index < -0.39 is 0 Å². The quantitative estimate of drug-likeness (QED) is 0.617. The number of fused-ring (bicyclic) bond motifs is 2. The minimum absolute atomic E-state index is 0.114. The molecule has 1 amide bonds. The Morgan fingerprint density at radius 2 is 1.91 bits per heavy atom. The molecule has 4 aromatic rings. The van der Waals surface area contributed by atoms with E-state index >= 15 is 0 Å². The monoisotopic (exact) mass is 304 g/mol. The lowest BCUT2D eigenvalue weighted by molar-refractivity contribution is 0.102. The molecule has 0 aliphatic heterocycles. The highest BCUT2D eigenvalue weighted by Gasteiger charge is 2.12. The van der Waals surface area contributed by atoms with Crippen LogP contribution in [0.5, 0.6) is 0 Å². The number of nitrogens with one attached hydrogen (secondary N) is 1. The van der Waals surface area contributed by atoms with E-state index in [0.717, 1.165) is 27.6 Å². The molecule has 2 aromatic carbocycles. The summed E-state index contributed by atoms with van der Waals surface area (Å²) in [4.78, 5) is 17.0. The molecule has 114 valence electrons. The average Bonchev–Trinajstić information content (AvgIpc) is 3.11. The van der Waals surface area contributed by atoms with Crippen LogP contribution in [0.2, 0.25) is 0 Å². The summed E-state index contributed by atoms with van der Waals surface area (Å²) in [6.45, 7) is 0. The summed E-state index contributed by atoms with van der Waals surface area (Å²) >= 11 is 0. The van der Waals surface area contributed by atoms with Gasteiger partial charge in [-0.15, -0.1) is 0 Å². The van der Waals surface area contributed by atoms with Gasteiger partial charge in [-0.05, 0) is 36.4 Å². The first-order valence-electron chi connectivity index (χ1n) is 7.40. The molecule has 0 saturated carbocycles. The summed E-state index contributed by atoms with van der Waals surface area (Å²) in [6, 6.07) is 13.5. The summed E-state index contributed by atoms with van der Waals surface area (Å²) in [5.74, 6) is -0.114. The van der Waals surface area contributed by atoms with Crippen LogP contribution >= 0.6 is 0 Å². The standard InChI is InChI=1S/C18H16N4O/c1-21-9-8-13-14(4-3-5-16(13)21)18(23)20-12-6-7-17-15(10-12)19-11-22(17)2/h3-11H,1-2H3,(H,20,23). The number of nitrogens with zero attached hydrogens (tertiary/aromatic N) is 3. The lowest BCUT2D eigenvalue weighted by atomic mass is 10.1. The van der Waals surface area contributed by atoms with Gasteiger partial charge in [0.2, 0.25) is 0 Å². The van der Waals surface area contributed by atoms with Gasteiger partial charge in [-0.25, -0.2) is 4.98 Å². The van der Waals surface area contributed by atoms with E-state index in [2.05, 4.69) is 10.3 Å². The zero-order valence-corrected chi connectivity index (χ0v) is 12.9. The fraction of sp³-hybridized carbons (Fsp3) is 0.111. The van der Waals surface area contributed by atoms with Gasteiger partial charge < -0.3 is 14.5 Å². The Bertz CT molecular complexity index is 1040. The van der Waals surface area contributed by atoms with Gasteiger partial charge in [-0.3, -0.25) is 4.79 Å². The van der Waals surface area contributed by atoms with Gasteiger partial charge in [0.25, 0.3) is 5.91 Å². The second-order valence-electron chi connectivity index (χ2n) is 5.68. The molecule has 0 saturated heterocycles. The predicted octanol–water partition coefficient (Wildman–Crippen LogP) is 3.32. The molecule has 0 aliphatic carbocycles. The Hall–Kier alpha value is -3.08. The second-order valence-corrected chi connectivity index (χ2v) is 5.68. The van der Waals surface area contributed by atoms with Crippen molar-refractivity contribution in [3.05, 3.63) is 60.6 Å². The van der Waals surface area contributed by atoms with Gasteiger partial charge in [-0.2, -0.15) is 0 Å². The van der Waals surface area contributed by atoms with Crippen LogP contribution in [0.1, 0.15) is 10.4 Å². The van der Waals surface area contributed by atoms with Crippen molar-refractivity contribution >= 4 is 33.5 Å². The Labute approximate surface area is 133 Å². The fourth-order valence-electron chi connectivity index (χ4n) is 2.91. The van der Waals surface area contributed by atoms with Crippen LogP contribution in [0, 0.1) is 0 Å². The van der Waals surface area contributed by atoms with Crippen LogP contribution in [0.15, 0.2) is 55.0 Å². The molecular weight excluding hydrogens is 288 g/mol. The molecule has 0 radical (unpaired) electrons. The normalized spacial score (nSPS) is 11.2. The fourth-order valence-corrected chi connectivity index (χ4v) is 2.91. The lowest BCUT2D eigenvalue weighted by Crippen LogP contribution is -2.12. The molecule has 2 heterocycles. The number of carbonyl (C=O) groups excluding carboxylic acids is 1. The molecule has 0 fully saturated rings. The first-order chi connectivity index (χ1) is 11.1. The van der Waals surface area contributed by atoms with Crippen molar-refractivity contribution in [3.8, 4) is 0 Å². The molecule has 0 atom stereocenters. The van der Waals surface area contributed by atoms with E-state index in [4.69, 9.17) is 0 Å². The molecule has 0 aliphatic rings. The number of imidazole rings is 1. The summed E-state index contributed by atoms with van der Waals surface area (Å²) in [6.07, 6.45) is 3.72. The summed E-state index contributed by atoms with van der Waals surface area (Å²) in [7, 11) is 3.92. The Morgan fingerprint density at radius 1 is 1.04 bits per heavy atom. The third-order valence-corrected chi connectivity index (χ3v) is 4.16. The SMILES string of the molecule is Cn1cnc2cc(NC(=O)c3cccc4c3ccn4C)ccc21. The van der Waals surface area contributed by atoms with Gasteiger partial charge in [0, 0.05) is 42.4 Å². The van der Waals surface area contributed by atoms with Gasteiger partial charge in [0.15, 0.2) is 0 Å². The van der Waals surface area contributed by atoms with E-state index in [1.54, 1.807) is 6.33 Å². The van der Waals surface area contributed by atoms with E-state index in [-0.39, 0.29) is 5.91 Å². The third kappa shape index (κ3) is 2.17. The Kier molecular flexibility index (Phi) is 2.94. The molecule has 5 heteroatoms. The van der Waals surface area contributed by atoms with Crippen molar-refractivity contribution < 1.29 is 4.79 Å². The van der Waals surface area contributed by atoms with Crippen LogP contribution < -0.4 is 5.32 Å². The number of amides is 1. The van der Waals surface area contributed by atoms with Crippen molar-refractivity contribution in [2.45, 2.75) is 0 Å². The molecule has 0 unspecified atom stereocenters. The zero-order valence-electron chi connectivity index (χ0n) is 12.9. The minimum Gasteiger partial charge on any atom is -0.351 e. The number of hydrogen-bond donors (Lipinski definition) is 1. The highest BCUT2D eigenvalue weighted by molar-refractivity contribution is 6.12. The number of carbonyl (C=O) groups is 1. The molecule has 2 aromatic heterocycles. The van der Waals surface area contributed by atoms with Crippen LogP contribution in [-0.2, 0) is 14.1 Å². The maximum absolute atomic E-state index is 12.6. The van der Waals surface area contributed by atoms with Gasteiger partial charge in [0.05, 0.1) is 17.4 Å². The lowest BCUT2D eigenvalue weighted by Gasteiger charge is -2.07. The average molecular weight is 304 g/mol. The number of benzene rings is 2. The largest absolute Gasteiger partial charge is 0.351 e.